The molecule has 0 radical (unpaired) electrons. The average Bonchev–Trinajstić information content (AvgIpc) is 2.52. The number of nitrogens with zero attached hydrogens (tertiary/aromatic N) is 1. The van der Waals surface area contributed by atoms with Crippen molar-refractivity contribution in [1.29, 1.82) is 0 Å². The molecule has 0 aliphatic carbocycles. The van der Waals surface area contributed by atoms with Crippen molar-refractivity contribution in [2.24, 2.45) is 0 Å². The normalized spacial score (nSPS) is 10.2. The molecule has 120 valence electrons. The van der Waals surface area contributed by atoms with Crippen LogP contribution < -0.4 is 10.2 Å². The second-order valence-electron chi connectivity index (χ2n) is 4.88. The fourth-order valence-corrected chi connectivity index (χ4v) is 2.70. The zero-order valence-corrected chi connectivity index (χ0v) is 14.9. The van der Waals surface area contributed by atoms with Crippen LogP contribution in [0.4, 0.5) is 5.69 Å². The number of amides is 2. The van der Waals surface area contributed by atoms with Gasteiger partial charge in [-0.15, -0.1) is 0 Å². The molecule has 0 aliphatic heterocycles. The third-order valence-corrected chi connectivity index (χ3v) is 4.20. The van der Waals surface area contributed by atoms with E-state index in [1.165, 1.54) is 6.92 Å². The Kier molecular flexibility index (Phi) is 6.19. The Bertz CT molecular complexity index is 704. The van der Waals surface area contributed by atoms with Gasteiger partial charge in [0.25, 0.3) is 5.91 Å². The SMILES string of the molecule is CC(=O)N(CCNC(=O)c1ccccc1Br)c1ccc(Cl)cc1. The highest BCUT2D eigenvalue weighted by molar-refractivity contribution is 9.10. The van der Waals surface area contributed by atoms with E-state index in [1.807, 2.05) is 12.1 Å². The number of halogens is 2. The maximum Gasteiger partial charge on any atom is 0.252 e. The summed E-state index contributed by atoms with van der Waals surface area (Å²) in [5.41, 5.74) is 1.31. The van der Waals surface area contributed by atoms with Crippen molar-refractivity contribution in [1.82, 2.24) is 5.32 Å². The second kappa shape index (κ2) is 8.13. The van der Waals surface area contributed by atoms with Crippen LogP contribution in [0.1, 0.15) is 17.3 Å². The molecule has 2 aromatic carbocycles. The molecule has 23 heavy (non-hydrogen) atoms. The van der Waals surface area contributed by atoms with Gasteiger partial charge in [-0.25, -0.2) is 0 Å². The van der Waals surface area contributed by atoms with Crippen molar-refractivity contribution in [3.05, 3.63) is 63.6 Å². The first-order chi connectivity index (χ1) is 11.0. The van der Waals surface area contributed by atoms with Crippen LogP contribution in [-0.2, 0) is 4.79 Å². The van der Waals surface area contributed by atoms with E-state index >= 15 is 0 Å². The Hall–Kier alpha value is -1.85. The van der Waals surface area contributed by atoms with Crippen LogP contribution in [0.2, 0.25) is 5.02 Å². The maximum absolute atomic E-state index is 12.1. The molecule has 0 spiro atoms. The Morgan fingerprint density at radius 1 is 1.13 bits per heavy atom. The third kappa shape index (κ3) is 4.81. The van der Waals surface area contributed by atoms with Gasteiger partial charge in [-0.05, 0) is 52.3 Å². The number of carbonyl (C=O) groups is 2. The fourth-order valence-electron chi connectivity index (χ4n) is 2.11. The summed E-state index contributed by atoms with van der Waals surface area (Å²) in [4.78, 5) is 25.5. The molecular weight excluding hydrogens is 380 g/mol. The van der Waals surface area contributed by atoms with E-state index in [0.29, 0.717) is 23.7 Å². The lowest BCUT2D eigenvalue weighted by atomic mass is 10.2. The molecule has 6 heteroatoms. The molecule has 0 saturated carbocycles. The average molecular weight is 396 g/mol. The highest BCUT2D eigenvalue weighted by Crippen LogP contribution is 2.18. The van der Waals surface area contributed by atoms with E-state index in [-0.39, 0.29) is 11.8 Å². The smallest absolute Gasteiger partial charge is 0.252 e. The number of benzene rings is 2. The lowest BCUT2D eigenvalue weighted by molar-refractivity contribution is -0.116. The summed E-state index contributed by atoms with van der Waals surface area (Å²) in [6, 6.07) is 14.2. The van der Waals surface area contributed by atoms with E-state index in [4.69, 9.17) is 11.6 Å². The minimum atomic E-state index is -0.183. The van der Waals surface area contributed by atoms with Gasteiger partial charge in [0.2, 0.25) is 5.91 Å². The summed E-state index contributed by atoms with van der Waals surface area (Å²) in [6.07, 6.45) is 0. The number of hydrogen-bond donors (Lipinski definition) is 1. The summed E-state index contributed by atoms with van der Waals surface area (Å²) in [5.74, 6) is -0.278. The summed E-state index contributed by atoms with van der Waals surface area (Å²) < 4.78 is 0.735. The molecule has 2 rings (SSSR count). The molecule has 1 N–H and O–H groups in total. The predicted molar refractivity (Wildman–Crippen MR) is 96.0 cm³/mol. The molecule has 4 nitrogen and oxygen atoms in total. The van der Waals surface area contributed by atoms with Gasteiger partial charge in [0, 0.05) is 35.2 Å². The summed E-state index contributed by atoms with van der Waals surface area (Å²) >= 11 is 9.21. The lowest BCUT2D eigenvalue weighted by Gasteiger charge is -2.21. The second-order valence-corrected chi connectivity index (χ2v) is 6.17. The van der Waals surface area contributed by atoms with Gasteiger partial charge >= 0.3 is 0 Å². The van der Waals surface area contributed by atoms with Gasteiger partial charge in [-0.1, -0.05) is 23.7 Å². The topological polar surface area (TPSA) is 49.4 Å². The van der Waals surface area contributed by atoms with Gasteiger partial charge in [0.15, 0.2) is 0 Å². The fraction of sp³-hybridized carbons (Fsp3) is 0.176. The maximum atomic E-state index is 12.1. The molecule has 2 aromatic rings. The molecule has 0 unspecified atom stereocenters. The molecular formula is C17H16BrClN2O2. The minimum absolute atomic E-state index is 0.0949. The van der Waals surface area contributed by atoms with Crippen LogP contribution in [0, 0.1) is 0 Å². The molecule has 0 aromatic heterocycles. The van der Waals surface area contributed by atoms with Crippen molar-refractivity contribution in [2.45, 2.75) is 6.92 Å². The van der Waals surface area contributed by atoms with Gasteiger partial charge < -0.3 is 10.2 Å². The summed E-state index contributed by atoms with van der Waals surface area (Å²) in [6.45, 7) is 2.22. The Morgan fingerprint density at radius 3 is 2.39 bits per heavy atom. The van der Waals surface area contributed by atoms with E-state index in [2.05, 4.69) is 21.2 Å². The highest BCUT2D eigenvalue weighted by atomic mass is 79.9. The van der Waals surface area contributed by atoms with E-state index in [9.17, 15) is 9.59 Å². The van der Waals surface area contributed by atoms with Crippen LogP contribution >= 0.6 is 27.5 Å². The molecule has 0 atom stereocenters. The number of carbonyl (C=O) groups excluding carboxylic acids is 2. The van der Waals surface area contributed by atoms with Gasteiger partial charge in [-0.2, -0.15) is 0 Å². The van der Waals surface area contributed by atoms with Crippen molar-refractivity contribution in [3.63, 3.8) is 0 Å². The first-order valence-corrected chi connectivity index (χ1v) is 8.22. The Labute approximate surface area is 148 Å². The highest BCUT2D eigenvalue weighted by Gasteiger charge is 2.13. The van der Waals surface area contributed by atoms with Gasteiger partial charge in [-0.3, -0.25) is 9.59 Å². The van der Waals surface area contributed by atoms with Gasteiger partial charge in [0.1, 0.15) is 0 Å². The summed E-state index contributed by atoms with van der Waals surface area (Å²) in [5, 5.41) is 3.43. The van der Waals surface area contributed by atoms with Crippen molar-refractivity contribution in [2.75, 3.05) is 18.0 Å². The van der Waals surface area contributed by atoms with Crippen molar-refractivity contribution < 1.29 is 9.59 Å². The van der Waals surface area contributed by atoms with Gasteiger partial charge in [0.05, 0.1) is 5.56 Å². The van der Waals surface area contributed by atoms with E-state index in [1.54, 1.807) is 41.3 Å². The van der Waals surface area contributed by atoms with Crippen molar-refractivity contribution >= 4 is 45.0 Å². The monoisotopic (exact) mass is 394 g/mol. The minimum Gasteiger partial charge on any atom is -0.350 e. The molecule has 2 amide bonds. The first kappa shape index (κ1) is 17.5. The van der Waals surface area contributed by atoms with Crippen LogP contribution in [0.5, 0.6) is 0 Å². The number of hydrogen-bond acceptors (Lipinski definition) is 2. The zero-order chi connectivity index (χ0) is 16.8. The van der Waals surface area contributed by atoms with Crippen LogP contribution in [-0.4, -0.2) is 24.9 Å². The van der Waals surface area contributed by atoms with Crippen LogP contribution in [0.3, 0.4) is 0 Å². The largest absolute Gasteiger partial charge is 0.350 e. The van der Waals surface area contributed by atoms with Crippen LogP contribution in [0.15, 0.2) is 53.0 Å². The number of rotatable bonds is 5. The molecule has 0 saturated heterocycles. The van der Waals surface area contributed by atoms with E-state index in [0.717, 1.165) is 10.2 Å². The quantitative estimate of drug-likeness (QED) is 0.835. The van der Waals surface area contributed by atoms with Crippen molar-refractivity contribution in [3.8, 4) is 0 Å². The summed E-state index contributed by atoms with van der Waals surface area (Å²) in [7, 11) is 0. The first-order valence-electron chi connectivity index (χ1n) is 7.05. The Morgan fingerprint density at radius 2 is 1.78 bits per heavy atom. The number of anilines is 1. The molecule has 0 aliphatic rings. The number of nitrogens with one attached hydrogen (secondary N) is 1. The molecule has 0 fully saturated rings. The third-order valence-electron chi connectivity index (χ3n) is 3.26. The predicted octanol–water partition coefficient (Wildman–Crippen LogP) is 3.89. The Balaban J connectivity index is 1.97. The molecule has 0 heterocycles. The van der Waals surface area contributed by atoms with E-state index < -0.39 is 0 Å². The lowest BCUT2D eigenvalue weighted by Crippen LogP contribution is -2.37. The van der Waals surface area contributed by atoms with Crippen LogP contribution in [0.25, 0.3) is 0 Å². The standard InChI is InChI=1S/C17H16BrClN2O2/c1-12(22)21(14-8-6-13(19)7-9-14)11-10-20-17(23)15-4-2-3-5-16(15)18/h2-9H,10-11H2,1H3,(H,20,23). The zero-order valence-electron chi connectivity index (χ0n) is 12.6. The molecule has 0 bridgehead atoms.